The van der Waals surface area contributed by atoms with E-state index in [1.165, 1.54) is 4.88 Å². The van der Waals surface area contributed by atoms with Crippen LogP contribution in [0.3, 0.4) is 0 Å². The van der Waals surface area contributed by atoms with Gasteiger partial charge in [0.15, 0.2) is 0 Å². The van der Waals surface area contributed by atoms with Crippen LogP contribution in [0, 0.1) is 20.8 Å². The summed E-state index contributed by atoms with van der Waals surface area (Å²) < 4.78 is 0. The fourth-order valence-corrected chi connectivity index (χ4v) is 3.20. The first-order valence-electron chi connectivity index (χ1n) is 6.66. The lowest BCUT2D eigenvalue weighted by Crippen LogP contribution is -2.02. The maximum atomic E-state index is 4.57. The van der Waals surface area contributed by atoms with Gasteiger partial charge in [-0.2, -0.15) is 0 Å². The number of para-hydroxylation sites is 1. The zero-order chi connectivity index (χ0) is 14.1. The number of aryl methyl sites for hydroxylation is 3. The number of rotatable bonds is 3. The summed E-state index contributed by atoms with van der Waals surface area (Å²) in [5, 5.41) is 5.78. The number of nitrogens with one attached hydrogen (secondary N) is 1. The van der Waals surface area contributed by atoms with Crippen LogP contribution in [0.25, 0.3) is 10.9 Å². The predicted molar refractivity (Wildman–Crippen MR) is 85.4 cm³/mol. The van der Waals surface area contributed by atoms with E-state index in [0.29, 0.717) is 0 Å². The first-order chi connectivity index (χ1) is 9.63. The molecule has 0 aliphatic rings. The van der Waals surface area contributed by atoms with Crippen molar-refractivity contribution in [2.24, 2.45) is 0 Å². The van der Waals surface area contributed by atoms with E-state index in [-0.39, 0.29) is 0 Å². The topological polar surface area (TPSA) is 37.8 Å². The molecule has 1 N–H and O–H groups in total. The Kier molecular flexibility index (Phi) is 3.40. The smallest absolute Gasteiger partial charge is 0.0900 e. The maximum Gasteiger partial charge on any atom is 0.0900 e. The molecule has 0 bridgehead atoms. The fraction of sp³-hybridized carbons (Fsp3) is 0.250. The number of thiazole rings is 1. The summed E-state index contributed by atoms with van der Waals surface area (Å²) in [5.41, 5.74) is 4.31. The molecule has 0 unspecified atom stereocenters. The van der Waals surface area contributed by atoms with Crippen molar-refractivity contribution >= 4 is 27.9 Å². The predicted octanol–water partition coefficient (Wildman–Crippen LogP) is 4.23. The Morgan fingerprint density at radius 1 is 1.10 bits per heavy atom. The summed E-state index contributed by atoms with van der Waals surface area (Å²) in [6, 6.07) is 10.3. The molecule has 1 aromatic carbocycles. The van der Waals surface area contributed by atoms with Crippen molar-refractivity contribution in [3.8, 4) is 0 Å². The van der Waals surface area contributed by atoms with Crippen LogP contribution in [0.4, 0.5) is 5.69 Å². The van der Waals surface area contributed by atoms with Crippen molar-refractivity contribution < 1.29 is 0 Å². The van der Waals surface area contributed by atoms with Crippen molar-refractivity contribution in [3.63, 3.8) is 0 Å². The van der Waals surface area contributed by atoms with E-state index < -0.39 is 0 Å². The van der Waals surface area contributed by atoms with Crippen LogP contribution in [0.5, 0.6) is 0 Å². The minimum Gasteiger partial charge on any atom is -0.379 e. The molecular weight excluding hydrogens is 266 g/mol. The molecule has 0 aliphatic heterocycles. The number of hydrogen-bond acceptors (Lipinski definition) is 4. The summed E-state index contributed by atoms with van der Waals surface area (Å²) in [5.74, 6) is 0. The van der Waals surface area contributed by atoms with Gasteiger partial charge in [-0.15, -0.1) is 11.3 Å². The average molecular weight is 283 g/mol. The Morgan fingerprint density at radius 3 is 2.65 bits per heavy atom. The molecule has 2 aromatic heterocycles. The minimum absolute atomic E-state index is 0.754. The van der Waals surface area contributed by atoms with Gasteiger partial charge in [0.25, 0.3) is 0 Å². The highest BCUT2D eigenvalue weighted by Crippen LogP contribution is 2.24. The Bertz CT molecular complexity index is 762. The van der Waals surface area contributed by atoms with Gasteiger partial charge in [-0.1, -0.05) is 18.2 Å². The number of anilines is 1. The van der Waals surface area contributed by atoms with E-state index in [4.69, 9.17) is 0 Å². The van der Waals surface area contributed by atoms with Crippen LogP contribution in [-0.2, 0) is 6.54 Å². The average Bonchev–Trinajstić information content (AvgIpc) is 2.74. The van der Waals surface area contributed by atoms with Gasteiger partial charge in [-0.3, -0.25) is 4.98 Å². The largest absolute Gasteiger partial charge is 0.379 e. The molecule has 0 fully saturated rings. The number of benzene rings is 1. The zero-order valence-electron chi connectivity index (χ0n) is 11.9. The highest BCUT2D eigenvalue weighted by atomic mass is 32.1. The van der Waals surface area contributed by atoms with E-state index in [1.54, 1.807) is 11.3 Å². The van der Waals surface area contributed by atoms with E-state index in [2.05, 4.69) is 34.3 Å². The SMILES string of the molecule is Cc1cc(NCc2nc(C)sc2C)c2ccccc2n1. The molecule has 3 rings (SSSR count). The summed E-state index contributed by atoms with van der Waals surface area (Å²) in [6.45, 7) is 6.95. The van der Waals surface area contributed by atoms with E-state index in [0.717, 1.165) is 39.5 Å². The molecule has 3 nitrogen and oxygen atoms in total. The number of nitrogens with zero attached hydrogens (tertiary/aromatic N) is 2. The van der Waals surface area contributed by atoms with Crippen molar-refractivity contribution in [1.29, 1.82) is 0 Å². The van der Waals surface area contributed by atoms with Gasteiger partial charge in [0.05, 0.1) is 22.8 Å². The lowest BCUT2D eigenvalue weighted by molar-refractivity contribution is 1.04. The van der Waals surface area contributed by atoms with Gasteiger partial charge in [0, 0.05) is 21.6 Å². The van der Waals surface area contributed by atoms with Gasteiger partial charge in [-0.25, -0.2) is 4.98 Å². The molecular formula is C16H17N3S. The fourth-order valence-electron chi connectivity index (χ4n) is 2.37. The van der Waals surface area contributed by atoms with Crippen molar-refractivity contribution in [1.82, 2.24) is 9.97 Å². The van der Waals surface area contributed by atoms with Gasteiger partial charge < -0.3 is 5.32 Å². The molecule has 4 heteroatoms. The highest BCUT2D eigenvalue weighted by Gasteiger charge is 2.07. The molecule has 0 saturated carbocycles. The summed E-state index contributed by atoms with van der Waals surface area (Å²) in [4.78, 5) is 10.4. The minimum atomic E-state index is 0.754. The van der Waals surface area contributed by atoms with Crippen LogP contribution in [0.15, 0.2) is 30.3 Å². The lowest BCUT2D eigenvalue weighted by Gasteiger charge is -2.10. The number of aromatic nitrogens is 2. The Balaban J connectivity index is 1.92. The standard InChI is InChI=1S/C16H17N3S/c1-10-8-15(13-6-4-5-7-14(13)18-10)17-9-16-11(2)20-12(3)19-16/h4-8H,9H2,1-3H3,(H,17,18). The summed E-state index contributed by atoms with van der Waals surface area (Å²) in [6.07, 6.45) is 0. The molecule has 2 heterocycles. The Labute approximate surface area is 122 Å². The van der Waals surface area contributed by atoms with Crippen LogP contribution < -0.4 is 5.32 Å². The van der Waals surface area contributed by atoms with Gasteiger partial charge in [-0.05, 0) is 32.9 Å². The lowest BCUT2D eigenvalue weighted by atomic mass is 10.1. The van der Waals surface area contributed by atoms with Crippen molar-refractivity contribution in [2.45, 2.75) is 27.3 Å². The molecule has 0 amide bonds. The van der Waals surface area contributed by atoms with Crippen molar-refractivity contribution in [3.05, 3.63) is 51.6 Å². The highest BCUT2D eigenvalue weighted by molar-refractivity contribution is 7.11. The molecule has 3 aromatic rings. The molecule has 0 saturated heterocycles. The van der Waals surface area contributed by atoms with Crippen LogP contribution in [-0.4, -0.2) is 9.97 Å². The molecule has 0 radical (unpaired) electrons. The second-order valence-electron chi connectivity index (χ2n) is 4.92. The van der Waals surface area contributed by atoms with E-state index in [9.17, 15) is 0 Å². The number of pyridine rings is 1. The molecule has 102 valence electrons. The third kappa shape index (κ3) is 2.51. The number of fused-ring (bicyclic) bond motifs is 1. The Hall–Kier alpha value is -1.94. The van der Waals surface area contributed by atoms with Gasteiger partial charge in [0.2, 0.25) is 0 Å². The van der Waals surface area contributed by atoms with Crippen LogP contribution in [0.2, 0.25) is 0 Å². The third-order valence-electron chi connectivity index (χ3n) is 3.29. The normalized spacial score (nSPS) is 10.9. The molecule has 20 heavy (non-hydrogen) atoms. The first-order valence-corrected chi connectivity index (χ1v) is 7.48. The molecule has 0 spiro atoms. The molecule has 0 atom stereocenters. The number of hydrogen-bond donors (Lipinski definition) is 1. The Morgan fingerprint density at radius 2 is 1.90 bits per heavy atom. The molecule has 0 aliphatic carbocycles. The van der Waals surface area contributed by atoms with Crippen LogP contribution in [0.1, 0.15) is 21.3 Å². The van der Waals surface area contributed by atoms with Crippen molar-refractivity contribution in [2.75, 3.05) is 5.32 Å². The first kappa shape index (κ1) is 13.1. The third-order valence-corrected chi connectivity index (χ3v) is 4.22. The van der Waals surface area contributed by atoms with E-state index >= 15 is 0 Å². The van der Waals surface area contributed by atoms with Gasteiger partial charge >= 0.3 is 0 Å². The summed E-state index contributed by atoms with van der Waals surface area (Å²) in [7, 11) is 0. The second kappa shape index (κ2) is 5.21. The monoisotopic (exact) mass is 283 g/mol. The van der Waals surface area contributed by atoms with Crippen LogP contribution >= 0.6 is 11.3 Å². The summed E-state index contributed by atoms with van der Waals surface area (Å²) >= 11 is 1.75. The second-order valence-corrected chi connectivity index (χ2v) is 6.32. The zero-order valence-corrected chi connectivity index (χ0v) is 12.7. The maximum absolute atomic E-state index is 4.57. The van der Waals surface area contributed by atoms with E-state index in [1.807, 2.05) is 32.0 Å². The van der Waals surface area contributed by atoms with Gasteiger partial charge in [0.1, 0.15) is 0 Å². The quantitative estimate of drug-likeness (QED) is 0.781.